The molecule has 96 valence electrons. The van der Waals surface area contributed by atoms with E-state index in [2.05, 4.69) is 16.8 Å². The van der Waals surface area contributed by atoms with Crippen molar-refractivity contribution in [2.45, 2.75) is 11.8 Å². The highest BCUT2D eigenvalue weighted by Crippen LogP contribution is 2.35. The van der Waals surface area contributed by atoms with Crippen LogP contribution in [0.1, 0.15) is 16.5 Å². The summed E-state index contributed by atoms with van der Waals surface area (Å²) >= 11 is 8.16. The molecular formula is C14H15ClO2S. The Bertz CT molecular complexity index is 497. The van der Waals surface area contributed by atoms with Crippen LogP contribution in [-0.2, 0) is 6.42 Å². The van der Waals surface area contributed by atoms with Crippen molar-refractivity contribution in [2.24, 2.45) is 0 Å². The van der Waals surface area contributed by atoms with Gasteiger partial charge in [-0.3, -0.25) is 0 Å². The first-order chi connectivity index (χ1) is 8.74. The maximum absolute atomic E-state index is 6.48. The maximum Gasteiger partial charge on any atom is 0.123 e. The summed E-state index contributed by atoms with van der Waals surface area (Å²) in [7, 11) is 3.30. The van der Waals surface area contributed by atoms with Crippen LogP contribution in [0.5, 0.6) is 11.5 Å². The van der Waals surface area contributed by atoms with Crippen molar-refractivity contribution in [1.29, 1.82) is 0 Å². The van der Waals surface area contributed by atoms with Gasteiger partial charge in [0.1, 0.15) is 11.5 Å². The van der Waals surface area contributed by atoms with E-state index in [1.54, 1.807) is 25.6 Å². The van der Waals surface area contributed by atoms with Crippen LogP contribution in [0.2, 0.25) is 0 Å². The number of halogens is 1. The fourth-order valence-corrected chi connectivity index (χ4v) is 2.84. The number of rotatable bonds is 5. The third-order valence-electron chi connectivity index (χ3n) is 2.77. The minimum absolute atomic E-state index is 0.121. The molecular weight excluding hydrogens is 268 g/mol. The molecule has 0 N–H and O–H groups in total. The van der Waals surface area contributed by atoms with Gasteiger partial charge in [-0.15, -0.1) is 11.6 Å². The first-order valence-electron chi connectivity index (χ1n) is 5.61. The van der Waals surface area contributed by atoms with Gasteiger partial charge < -0.3 is 9.47 Å². The lowest BCUT2D eigenvalue weighted by Gasteiger charge is -2.14. The van der Waals surface area contributed by atoms with Gasteiger partial charge in [-0.2, -0.15) is 11.3 Å². The van der Waals surface area contributed by atoms with Crippen molar-refractivity contribution < 1.29 is 9.47 Å². The molecule has 1 aromatic heterocycles. The Morgan fingerprint density at radius 1 is 1.22 bits per heavy atom. The molecule has 0 saturated carbocycles. The van der Waals surface area contributed by atoms with Crippen molar-refractivity contribution in [1.82, 2.24) is 0 Å². The molecule has 0 amide bonds. The number of methoxy groups -OCH3 is 2. The molecule has 0 bridgehead atoms. The van der Waals surface area contributed by atoms with Crippen molar-refractivity contribution in [3.05, 3.63) is 46.2 Å². The van der Waals surface area contributed by atoms with Gasteiger partial charge >= 0.3 is 0 Å². The number of hydrogen-bond acceptors (Lipinski definition) is 3. The standard InChI is InChI=1S/C14H15ClO2S/c1-16-11-3-4-14(17-2)12(8-11)13(15)7-10-5-6-18-9-10/h3-6,8-9,13H,7H2,1-2H3. The zero-order valence-electron chi connectivity index (χ0n) is 10.4. The van der Waals surface area contributed by atoms with E-state index in [4.69, 9.17) is 21.1 Å². The Kier molecular flexibility index (Phi) is 4.50. The third kappa shape index (κ3) is 2.98. The summed E-state index contributed by atoms with van der Waals surface area (Å²) in [5, 5.41) is 4.05. The lowest BCUT2D eigenvalue weighted by atomic mass is 10.0. The van der Waals surface area contributed by atoms with Gasteiger partial charge in [-0.25, -0.2) is 0 Å². The molecule has 0 saturated heterocycles. The summed E-state index contributed by atoms with van der Waals surface area (Å²) < 4.78 is 10.6. The van der Waals surface area contributed by atoms with Gasteiger partial charge in [0.15, 0.2) is 0 Å². The van der Waals surface area contributed by atoms with E-state index in [1.165, 1.54) is 5.56 Å². The van der Waals surface area contributed by atoms with Gasteiger partial charge in [0, 0.05) is 5.56 Å². The summed E-state index contributed by atoms with van der Waals surface area (Å²) in [6.45, 7) is 0. The van der Waals surface area contributed by atoms with Crippen molar-refractivity contribution in [2.75, 3.05) is 14.2 Å². The van der Waals surface area contributed by atoms with Crippen molar-refractivity contribution >= 4 is 22.9 Å². The molecule has 1 heterocycles. The predicted molar refractivity (Wildman–Crippen MR) is 76.2 cm³/mol. The fraction of sp³-hybridized carbons (Fsp3) is 0.286. The summed E-state index contributed by atoms with van der Waals surface area (Å²) in [6.07, 6.45) is 0.786. The summed E-state index contributed by atoms with van der Waals surface area (Å²) in [5.74, 6) is 1.59. The molecule has 18 heavy (non-hydrogen) atoms. The van der Waals surface area contributed by atoms with E-state index in [1.807, 2.05) is 18.2 Å². The lowest BCUT2D eigenvalue weighted by molar-refractivity contribution is 0.398. The summed E-state index contributed by atoms with van der Waals surface area (Å²) in [5.41, 5.74) is 2.20. The topological polar surface area (TPSA) is 18.5 Å². The van der Waals surface area contributed by atoms with E-state index >= 15 is 0 Å². The molecule has 1 atom stereocenters. The Balaban J connectivity index is 2.24. The molecule has 0 aliphatic heterocycles. The Labute approximate surface area is 116 Å². The molecule has 2 aromatic rings. The highest BCUT2D eigenvalue weighted by Gasteiger charge is 2.15. The van der Waals surface area contributed by atoms with Gasteiger partial charge in [-0.1, -0.05) is 0 Å². The van der Waals surface area contributed by atoms with Crippen LogP contribution < -0.4 is 9.47 Å². The van der Waals surface area contributed by atoms with Crippen LogP contribution in [0.25, 0.3) is 0 Å². The molecule has 4 heteroatoms. The highest BCUT2D eigenvalue weighted by molar-refractivity contribution is 7.07. The lowest BCUT2D eigenvalue weighted by Crippen LogP contribution is -1.99. The summed E-state index contributed by atoms with van der Waals surface area (Å²) in [4.78, 5) is 0. The second-order valence-electron chi connectivity index (χ2n) is 3.91. The van der Waals surface area contributed by atoms with E-state index in [0.29, 0.717) is 0 Å². The number of thiophene rings is 1. The average molecular weight is 283 g/mol. The van der Waals surface area contributed by atoms with Crippen LogP contribution >= 0.6 is 22.9 Å². The van der Waals surface area contributed by atoms with E-state index < -0.39 is 0 Å². The second-order valence-corrected chi connectivity index (χ2v) is 5.22. The van der Waals surface area contributed by atoms with Gasteiger partial charge in [-0.05, 0) is 47.0 Å². The minimum Gasteiger partial charge on any atom is -0.497 e. The van der Waals surface area contributed by atoms with Crippen molar-refractivity contribution in [3.63, 3.8) is 0 Å². The molecule has 0 aliphatic carbocycles. The molecule has 2 rings (SSSR count). The number of alkyl halides is 1. The zero-order chi connectivity index (χ0) is 13.0. The molecule has 1 aromatic carbocycles. The van der Waals surface area contributed by atoms with Crippen LogP contribution in [-0.4, -0.2) is 14.2 Å². The molecule has 0 fully saturated rings. The SMILES string of the molecule is COc1ccc(OC)c(C(Cl)Cc2ccsc2)c1. The van der Waals surface area contributed by atoms with E-state index in [-0.39, 0.29) is 5.38 Å². The minimum atomic E-state index is -0.121. The van der Waals surface area contributed by atoms with E-state index in [0.717, 1.165) is 23.5 Å². The largest absolute Gasteiger partial charge is 0.497 e. The molecule has 0 spiro atoms. The average Bonchev–Trinajstić information content (AvgIpc) is 2.90. The molecule has 0 radical (unpaired) electrons. The normalized spacial score (nSPS) is 12.2. The molecule has 2 nitrogen and oxygen atoms in total. The summed E-state index contributed by atoms with van der Waals surface area (Å²) in [6, 6.07) is 7.78. The quantitative estimate of drug-likeness (QED) is 0.762. The zero-order valence-corrected chi connectivity index (χ0v) is 11.9. The first-order valence-corrected chi connectivity index (χ1v) is 6.99. The number of ether oxygens (including phenoxy) is 2. The fourth-order valence-electron chi connectivity index (χ4n) is 1.81. The van der Waals surface area contributed by atoms with Crippen LogP contribution in [0.4, 0.5) is 0 Å². The van der Waals surface area contributed by atoms with Gasteiger partial charge in [0.25, 0.3) is 0 Å². The third-order valence-corrected chi connectivity index (χ3v) is 3.89. The maximum atomic E-state index is 6.48. The van der Waals surface area contributed by atoms with Crippen LogP contribution in [0.15, 0.2) is 35.0 Å². The first kappa shape index (κ1) is 13.2. The Morgan fingerprint density at radius 2 is 2.06 bits per heavy atom. The highest BCUT2D eigenvalue weighted by atomic mass is 35.5. The van der Waals surface area contributed by atoms with Gasteiger partial charge in [0.05, 0.1) is 19.6 Å². The Morgan fingerprint density at radius 3 is 2.67 bits per heavy atom. The second kappa shape index (κ2) is 6.12. The van der Waals surface area contributed by atoms with Crippen molar-refractivity contribution in [3.8, 4) is 11.5 Å². The van der Waals surface area contributed by atoms with Crippen LogP contribution in [0, 0.1) is 0 Å². The molecule has 0 aliphatic rings. The monoisotopic (exact) mass is 282 g/mol. The predicted octanol–water partition coefficient (Wildman–Crippen LogP) is 4.29. The number of benzene rings is 1. The van der Waals surface area contributed by atoms with Crippen LogP contribution in [0.3, 0.4) is 0 Å². The smallest absolute Gasteiger partial charge is 0.123 e. The number of hydrogen-bond donors (Lipinski definition) is 0. The molecule has 1 unspecified atom stereocenters. The van der Waals surface area contributed by atoms with E-state index in [9.17, 15) is 0 Å². The van der Waals surface area contributed by atoms with Gasteiger partial charge in [0.2, 0.25) is 0 Å². The Hall–Kier alpha value is -1.19.